The van der Waals surface area contributed by atoms with E-state index in [9.17, 15) is 13.2 Å². The first-order valence-corrected chi connectivity index (χ1v) is 5.62. The van der Waals surface area contributed by atoms with Crippen molar-refractivity contribution in [3.63, 3.8) is 0 Å². The third-order valence-corrected chi connectivity index (χ3v) is 3.24. The van der Waals surface area contributed by atoms with Gasteiger partial charge >= 0.3 is 6.18 Å². The zero-order valence-electron chi connectivity index (χ0n) is 10.1. The Kier molecular flexibility index (Phi) is 2.79. The van der Waals surface area contributed by atoms with Crippen molar-refractivity contribution < 1.29 is 13.2 Å². The molecule has 1 heterocycles. The first-order chi connectivity index (χ1) is 7.84. The summed E-state index contributed by atoms with van der Waals surface area (Å²) in [5.74, 6) is 0.368. The van der Waals surface area contributed by atoms with E-state index in [0.717, 1.165) is 12.0 Å². The van der Waals surface area contributed by atoms with E-state index in [1.54, 1.807) is 7.05 Å². The number of halogens is 3. The van der Waals surface area contributed by atoms with Gasteiger partial charge in [-0.25, -0.2) is 4.98 Å². The molecule has 1 aromatic heterocycles. The molecular weight excluding hydrogens is 229 g/mol. The Labute approximate surface area is 98.2 Å². The molecule has 0 bridgehead atoms. The van der Waals surface area contributed by atoms with Crippen LogP contribution in [0.5, 0.6) is 0 Å². The van der Waals surface area contributed by atoms with Crippen LogP contribution < -0.4 is 5.32 Å². The Bertz CT molecular complexity index is 452. The van der Waals surface area contributed by atoms with Crippen molar-refractivity contribution >= 4 is 5.69 Å². The molecule has 1 unspecified atom stereocenters. The number of nitrogens with zero attached hydrogens (tertiary/aromatic N) is 1. The molecule has 0 saturated carbocycles. The van der Waals surface area contributed by atoms with Gasteiger partial charge in [0.25, 0.3) is 0 Å². The third kappa shape index (κ3) is 1.98. The van der Waals surface area contributed by atoms with Gasteiger partial charge < -0.3 is 5.32 Å². The van der Waals surface area contributed by atoms with E-state index in [2.05, 4.69) is 10.3 Å². The molecule has 1 N–H and O–H groups in total. The van der Waals surface area contributed by atoms with Crippen LogP contribution in [0.25, 0.3) is 0 Å². The lowest BCUT2D eigenvalue weighted by molar-refractivity contribution is -0.141. The van der Waals surface area contributed by atoms with Gasteiger partial charge in [0.15, 0.2) is 0 Å². The molecule has 0 radical (unpaired) electrons. The van der Waals surface area contributed by atoms with Crippen molar-refractivity contribution in [2.45, 2.75) is 32.9 Å². The fourth-order valence-corrected chi connectivity index (χ4v) is 2.53. The predicted octanol–water partition coefficient (Wildman–Crippen LogP) is 3.19. The van der Waals surface area contributed by atoms with Crippen LogP contribution in [-0.4, -0.2) is 12.0 Å². The number of hydrogen-bond donors (Lipinski definition) is 1. The molecule has 5 heteroatoms. The number of pyridine rings is 1. The molecule has 1 aliphatic carbocycles. The molecule has 2 rings (SSSR count). The minimum atomic E-state index is -4.38. The first kappa shape index (κ1) is 12.2. The highest BCUT2D eigenvalue weighted by atomic mass is 19.4. The van der Waals surface area contributed by atoms with Crippen molar-refractivity contribution in [3.8, 4) is 0 Å². The van der Waals surface area contributed by atoms with Crippen molar-refractivity contribution in [2.24, 2.45) is 5.92 Å². The first-order valence-electron chi connectivity index (χ1n) is 5.62. The second-order valence-electron chi connectivity index (χ2n) is 4.65. The predicted molar refractivity (Wildman–Crippen MR) is 60.1 cm³/mol. The van der Waals surface area contributed by atoms with Gasteiger partial charge in [0, 0.05) is 24.0 Å². The summed E-state index contributed by atoms with van der Waals surface area (Å²) >= 11 is 0. The summed E-state index contributed by atoms with van der Waals surface area (Å²) < 4.78 is 38.5. The molecule has 0 fully saturated rings. The number of alkyl halides is 3. The molecular formula is C12H15F3N2. The lowest BCUT2D eigenvalue weighted by atomic mass is 10.0. The Morgan fingerprint density at radius 3 is 2.47 bits per heavy atom. The SMILES string of the molecule is CNc1c(C)c(C(F)(F)F)nc2c1CC(C)C2. The van der Waals surface area contributed by atoms with Gasteiger partial charge in [-0.15, -0.1) is 0 Å². The normalized spacial score (nSPS) is 19.3. The highest BCUT2D eigenvalue weighted by Crippen LogP contribution is 2.39. The fourth-order valence-electron chi connectivity index (χ4n) is 2.53. The summed E-state index contributed by atoms with van der Waals surface area (Å²) in [6, 6.07) is 0. The summed E-state index contributed by atoms with van der Waals surface area (Å²) in [6.07, 6.45) is -2.94. The standard InChI is InChI=1S/C12H15F3N2/c1-6-4-8-9(5-6)17-11(12(13,14)15)7(2)10(8)16-3/h6H,4-5H2,1-3H3,(H,16,17). The molecule has 17 heavy (non-hydrogen) atoms. The third-order valence-electron chi connectivity index (χ3n) is 3.24. The van der Waals surface area contributed by atoms with Gasteiger partial charge in [0.1, 0.15) is 5.69 Å². The summed E-state index contributed by atoms with van der Waals surface area (Å²) in [4.78, 5) is 3.82. The molecule has 0 saturated heterocycles. The van der Waals surface area contributed by atoms with Crippen LogP contribution in [0.2, 0.25) is 0 Å². The summed E-state index contributed by atoms with van der Waals surface area (Å²) in [7, 11) is 1.66. The van der Waals surface area contributed by atoms with Crippen LogP contribution in [-0.2, 0) is 19.0 Å². The average Bonchev–Trinajstić information content (AvgIpc) is 2.55. The van der Waals surface area contributed by atoms with Gasteiger partial charge in [-0.1, -0.05) is 6.92 Å². The molecule has 1 aliphatic rings. The Morgan fingerprint density at radius 2 is 1.94 bits per heavy atom. The lowest BCUT2D eigenvalue weighted by Crippen LogP contribution is -2.14. The quantitative estimate of drug-likeness (QED) is 0.820. The Morgan fingerprint density at radius 1 is 1.29 bits per heavy atom. The number of aromatic nitrogens is 1. The zero-order chi connectivity index (χ0) is 12.8. The minimum absolute atomic E-state index is 0.202. The topological polar surface area (TPSA) is 24.9 Å². The van der Waals surface area contributed by atoms with Crippen LogP contribution in [0.1, 0.15) is 29.4 Å². The van der Waals surface area contributed by atoms with Crippen LogP contribution >= 0.6 is 0 Å². The zero-order valence-corrected chi connectivity index (χ0v) is 10.1. The molecule has 1 aromatic rings. The van der Waals surface area contributed by atoms with Crippen LogP contribution in [0.3, 0.4) is 0 Å². The monoisotopic (exact) mass is 244 g/mol. The van der Waals surface area contributed by atoms with Gasteiger partial charge in [-0.2, -0.15) is 13.2 Å². The van der Waals surface area contributed by atoms with E-state index in [1.807, 2.05) is 6.92 Å². The van der Waals surface area contributed by atoms with Gasteiger partial charge in [0.2, 0.25) is 0 Å². The maximum atomic E-state index is 12.8. The molecule has 2 nitrogen and oxygen atoms in total. The molecule has 94 valence electrons. The molecule has 0 spiro atoms. The van der Waals surface area contributed by atoms with E-state index in [0.29, 0.717) is 23.7 Å². The molecule has 0 amide bonds. The average molecular weight is 244 g/mol. The van der Waals surface area contributed by atoms with E-state index >= 15 is 0 Å². The molecule has 0 aromatic carbocycles. The van der Waals surface area contributed by atoms with Crippen molar-refractivity contribution in [3.05, 3.63) is 22.5 Å². The summed E-state index contributed by atoms with van der Waals surface area (Å²) in [6.45, 7) is 3.51. The Hall–Kier alpha value is -1.26. The number of rotatable bonds is 1. The van der Waals surface area contributed by atoms with E-state index in [1.165, 1.54) is 6.92 Å². The van der Waals surface area contributed by atoms with Crippen molar-refractivity contribution in [1.82, 2.24) is 4.98 Å². The van der Waals surface area contributed by atoms with Crippen molar-refractivity contribution in [1.29, 1.82) is 0 Å². The molecule has 1 atom stereocenters. The second-order valence-corrected chi connectivity index (χ2v) is 4.65. The van der Waals surface area contributed by atoms with Crippen molar-refractivity contribution in [2.75, 3.05) is 12.4 Å². The highest BCUT2D eigenvalue weighted by molar-refractivity contribution is 5.61. The van der Waals surface area contributed by atoms with Gasteiger partial charge in [-0.05, 0) is 31.2 Å². The maximum absolute atomic E-state index is 12.8. The summed E-state index contributed by atoms with van der Waals surface area (Å²) in [5.41, 5.74) is 1.60. The second kappa shape index (κ2) is 3.89. The van der Waals surface area contributed by atoms with E-state index in [4.69, 9.17) is 0 Å². The lowest BCUT2D eigenvalue weighted by Gasteiger charge is -2.16. The largest absolute Gasteiger partial charge is 0.433 e. The number of hydrogen-bond acceptors (Lipinski definition) is 2. The van der Waals surface area contributed by atoms with Crippen LogP contribution in [0.15, 0.2) is 0 Å². The van der Waals surface area contributed by atoms with Gasteiger partial charge in [0.05, 0.1) is 0 Å². The van der Waals surface area contributed by atoms with E-state index < -0.39 is 11.9 Å². The number of anilines is 1. The highest BCUT2D eigenvalue weighted by Gasteiger charge is 2.38. The molecule has 0 aliphatic heterocycles. The van der Waals surface area contributed by atoms with Crippen LogP contribution in [0.4, 0.5) is 18.9 Å². The fraction of sp³-hybridized carbons (Fsp3) is 0.583. The number of fused-ring (bicyclic) bond motifs is 1. The smallest absolute Gasteiger partial charge is 0.388 e. The maximum Gasteiger partial charge on any atom is 0.433 e. The summed E-state index contributed by atoms with van der Waals surface area (Å²) in [5, 5.41) is 2.89. The Balaban J connectivity index is 2.64. The van der Waals surface area contributed by atoms with E-state index in [-0.39, 0.29) is 5.56 Å². The van der Waals surface area contributed by atoms with Crippen LogP contribution in [0, 0.1) is 12.8 Å². The number of nitrogens with one attached hydrogen (secondary N) is 1. The van der Waals surface area contributed by atoms with Gasteiger partial charge in [-0.3, -0.25) is 0 Å². The minimum Gasteiger partial charge on any atom is -0.388 e.